The summed E-state index contributed by atoms with van der Waals surface area (Å²) in [6.07, 6.45) is 0.850. The van der Waals surface area contributed by atoms with E-state index in [2.05, 4.69) is 5.32 Å². The lowest BCUT2D eigenvalue weighted by molar-refractivity contribution is 0.0918. The molecule has 0 bridgehead atoms. The van der Waals surface area contributed by atoms with Crippen molar-refractivity contribution < 1.29 is 18.7 Å². The summed E-state index contributed by atoms with van der Waals surface area (Å²) in [5.41, 5.74) is 1.72. The molecule has 2 aromatic carbocycles. The zero-order valence-corrected chi connectivity index (χ0v) is 14.1. The summed E-state index contributed by atoms with van der Waals surface area (Å²) in [5.74, 6) is -0.0438. The minimum Gasteiger partial charge on any atom is -0.497 e. The molecule has 4 nitrogen and oxygen atoms in total. The Kier molecular flexibility index (Phi) is 6.32. The first-order valence-corrected chi connectivity index (χ1v) is 7.80. The molecule has 0 spiro atoms. The van der Waals surface area contributed by atoms with Crippen LogP contribution >= 0.6 is 0 Å². The minimum atomic E-state index is -0.361. The van der Waals surface area contributed by atoms with Crippen molar-refractivity contribution in [3.05, 3.63) is 53.8 Å². The molecule has 1 N–H and O–H groups in total. The first kappa shape index (κ1) is 17.9. The third kappa shape index (κ3) is 4.55. The molecule has 0 unspecified atom stereocenters. The predicted molar refractivity (Wildman–Crippen MR) is 91.8 cm³/mol. The lowest BCUT2D eigenvalue weighted by atomic mass is 10.0. The highest BCUT2D eigenvalue weighted by Gasteiger charge is 2.09. The quantitative estimate of drug-likeness (QED) is 0.842. The normalized spacial score (nSPS) is 11.8. The van der Waals surface area contributed by atoms with Crippen LogP contribution in [0.1, 0.15) is 23.7 Å². The monoisotopic (exact) mass is 331 g/mol. The lowest BCUT2D eigenvalue weighted by Crippen LogP contribution is -2.26. The number of amides is 1. The maximum absolute atomic E-state index is 14.1. The van der Waals surface area contributed by atoms with Crippen molar-refractivity contribution in [2.24, 2.45) is 0 Å². The zero-order chi connectivity index (χ0) is 17.5. The van der Waals surface area contributed by atoms with Crippen molar-refractivity contribution in [1.82, 2.24) is 5.32 Å². The highest BCUT2D eigenvalue weighted by Crippen LogP contribution is 2.26. The number of halogens is 1. The van der Waals surface area contributed by atoms with E-state index in [9.17, 15) is 9.18 Å². The molecule has 2 rings (SSSR count). The van der Waals surface area contributed by atoms with Gasteiger partial charge < -0.3 is 14.8 Å². The number of hydrogen-bond donors (Lipinski definition) is 1. The van der Waals surface area contributed by atoms with Crippen molar-refractivity contribution in [2.45, 2.75) is 19.4 Å². The molecule has 1 amide bonds. The molecule has 0 radical (unpaired) electrons. The molecule has 5 heteroatoms. The summed E-state index contributed by atoms with van der Waals surface area (Å²) >= 11 is 0. The van der Waals surface area contributed by atoms with E-state index in [0.29, 0.717) is 29.0 Å². The Hall–Kier alpha value is -2.40. The van der Waals surface area contributed by atoms with Gasteiger partial charge in [0.15, 0.2) is 0 Å². The van der Waals surface area contributed by atoms with Gasteiger partial charge in [0.05, 0.1) is 13.2 Å². The van der Waals surface area contributed by atoms with Crippen LogP contribution in [0.4, 0.5) is 4.39 Å². The van der Waals surface area contributed by atoms with E-state index in [0.717, 1.165) is 6.42 Å². The van der Waals surface area contributed by atoms with Gasteiger partial charge in [-0.2, -0.15) is 0 Å². The van der Waals surface area contributed by atoms with Gasteiger partial charge >= 0.3 is 0 Å². The Bertz CT molecular complexity index is 686. The second kappa shape index (κ2) is 8.45. The van der Waals surface area contributed by atoms with Gasteiger partial charge in [-0.25, -0.2) is 4.39 Å². The van der Waals surface area contributed by atoms with Crippen LogP contribution < -0.4 is 10.1 Å². The van der Waals surface area contributed by atoms with Crippen molar-refractivity contribution in [2.75, 3.05) is 20.8 Å². The number of carbonyl (C=O) groups is 1. The molecule has 2 aromatic rings. The molecule has 128 valence electrons. The Morgan fingerprint density at radius 1 is 1.17 bits per heavy atom. The summed E-state index contributed by atoms with van der Waals surface area (Å²) in [7, 11) is 3.14. The van der Waals surface area contributed by atoms with Crippen LogP contribution in [0.15, 0.2) is 42.5 Å². The maximum atomic E-state index is 14.1. The Morgan fingerprint density at radius 2 is 1.88 bits per heavy atom. The van der Waals surface area contributed by atoms with Crippen LogP contribution in [0.5, 0.6) is 5.75 Å². The van der Waals surface area contributed by atoms with Crippen molar-refractivity contribution in [3.63, 3.8) is 0 Å². The molecule has 0 fully saturated rings. The first-order valence-electron chi connectivity index (χ1n) is 7.80. The Morgan fingerprint density at radius 3 is 2.46 bits per heavy atom. The van der Waals surface area contributed by atoms with Crippen LogP contribution in [-0.4, -0.2) is 32.8 Å². The fourth-order valence-electron chi connectivity index (χ4n) is 2.27. The van der Waals surface area contributed by atoms with Crippen molar-refractivity contribution >= 4 is 5.91 Å². The summed E-state index contributed by atoms with van der Waals surface area (Å²) in [4.78, 5) is 12.1. The summed E-state index contributed by atoms with van der Waals surface area (Å²) in [6.45, 7) is 2.49. The number of carbonyl (C=O) groups excluding carboxylic acids is 1. The number of hydrogen-bond acceptors (Lipinski definition) is 3. The molecular formula is C19H22FNO3. The van der Waals surface area contributed by atoms with E-state index >= 15 is 0 Å². The third-order valence-corrected chi connectivity index (χ3v) is 3.87. The second-order valence-corrected chi connectivity index (χ2v) is 5.51. The Balaban J connectivity index is 2.03. The second-order valence-electron chi connectivity index (χ2n) is 5.51. The first-order chi connectivity index (χ1) is 11.5. The predicted octanol–water partition coefficient (Wildman–Crippen LogP) is 3.66. The van der Waals surface area contributed by atoms with E-state index < -0.39 is 0 Å². The SMILES string of the molecule is COc1ccc(-c2ccc(C(=O)NCC[C@H](C)OC)cc2)c(F)c1. The standard InChI is InChI=1S/C19H22FNO3/c1-13(23-2)10-11-21-19(22)15-6-4-14(5-7-15)17-9-8-16(24-3)12-18(17)20/h4-9,12-13H,10-11H2,1-3H3,(H,21,22)/t13-/m0/s1. The van der Waals surface area contributed by atoms with E-state index in [1.54, 1.807) is 43.5 Å². The maximum Gasteiger partial charge on any atom is 0.251 e. The number of methoxy groups -OCH3 is 2. The number of ether oxygens (including phenoxy) is 2. The Labute approximate surface area is 141 Å². The van der Waals surface area contributed by atoms with Gasteiger partial charge in [-0.05, 0) is 43.2 Å². The van der Waals surface area contributed by atoms with Crippen LogP contribution in [0, 0.1) is 5.82 Å². The largest absolute Gasteiger partial charge is 0.497 e. The van der Waals surface area contributed by atoms with Crippen LogP contribution in [0.25, 0.3) is 11.1 Å². The van der Waals surface area contributed by atoms with Gasteiger partial charge in [-0.3, -0.25) is 4.79 Å². The smallest absolute Gasteiger partial charge is 0.251 e. The summed E-state index contributed by atoms with van der Waals surface area (Å²) in [5, 5.41) is 2.84. The molecule has 0 aromatic heterocycles. The molecule has 0 heterocycles. The van der Waals surface area contributed by atoms with E-state index in [1.165, 1.54) is 13.2 Å². The molecule has 0 aliphatic carbocycles. The fraction of sp³-hybridized carbons (Fsp3) is 0.316. The summed E-state index contributed by atoms with van der Waals surface area (Å²) < 4.78 is 24.2. The minimum absolute atomic E-state index is 0.103. The van der Waals surface area contributed by atoms with Crippen molar-refractivity contribution in [1.29, 1.82) is 0 Å². The van der Waals surface area contributed by atoms with Gasteiger partial charge in [-0.1, -0.05) is 12.1 Å². The van der Waals surface area contributed by atoms with Gasteiger partial charge in [0.25, 0.3) is 5.91 Å². The van der Waals surface area contributed by atoms with E-state index in [-0.39, 0.29) is 17.8 Å². The highest BCUT2D eigenvalue weighted by atomic mass is 19.1. The molecule has 1 atom stereocenters. The van der Waals surface area contributed by atoms with Gasteiger partial charge in [0.2, 0.25) is 0 Å². The van der Waals surface area contributed by atoms with Crippen LogP contribution in [0.3, 0.4) is 0 Å². The molecule has 0 aliphatic rings. The third-order valence-electron chi connectivity index (χ3n) is 3.87. The fourth-order valence-corrected chi connectivity index (χ4v) is 2.27. The highest BCUT2D eigenvalue weighted by molar-refractivity contribution is 5.94. The average molecular weight is 331 g/mol. The van der Waals surface area contributed by atoms with Gasteiger partial charge in [0, 0.05) is 30.8 Å². The number of benzene rings is 2. The molecule has 24 heavy (non-hydrogen) atoms. The average Bonchev–Trinajstić information content (AvgIpc) is 2.61. The van der Waals surface area contributed by atoms with Crippen LogP contribution in [0.2, 0.25) is 0 Å². The van der Waals surface area contributed by atoms with Crippen LogP contribution in [-0.2, 0) is 4.74 Å². The molecule has 0 saturated heterocycles. The topological polar surface area (TPSA) is 47.6 Å². The van der Waals surface area contributed by atoms with Crippen molar-refractivity contribution in [3.8, 4) is 16.9 Å². The van der Waals surface area contributed by atoms with Gasteiger partial charge in [0.1, 0.15) is 11.6 Å². The number of rotatable bonds is 7. The molecule has 0 aliphatic heterocycles. The van der Waals surface area contributed by atoms with Gasteiger partial charge in [-0.15, -0.1) is 0 Å². The van der Waals surface area contributed by atoms with E-state index in [1.807, 2.05) is 6.92 Å². The molecule has 0 saturated carbocycles. The van der Waals surface area contributed by atoms with E-state index in [4.69, 9.17) is 9.47 Å². The number of nitrogens with one attached hydrogen (secondary N) is 1. The zero-order valence-electron chi connectivity index (χ0n) is 14.1. The summed E-state index contributed by atoms with van der Waals surface area (Å²) in [6, 6.07) is 11.6. The lowest BCUT2D eigenvalue weighted by Gasteiger charge is -2.10. The molecular weight excluding hydrogens is 309 g/mol.